The lowest BCUT2D eigenvalue weighted by molar-refractivity contribution is 0.578. The number of aryl methyl sites for hydroxylation is 2. The largest absolute Gasteiger partial charge is 0.271 e. The summed E-state index contributed by atoms with van der Waals surface area (Å²) < 4.78 is 24.4. The Morgan fingerprint density at radius 3 is 2.64 bits per heavy atom. The zero-order valence-electron chi connectivity index (χ0n) is 8.60. The predicted molar refractivity (Wildman–Crippen MR) is 55.9 cm³/mol. The molecule has 0 saturated carbocycles. The molecule has 0 saturated heterocycles. The number of hydrogen-bond donors (Lipinski definition) is 0. The van der Waals surface area contributed by atoms with Gasteiger partial charge >= 0.3 is 0 Å². The first-order chi connectivity index (χ1) is 6.53. The number of aromatic nitrogens is 2. The van der Waals surface area contributed by atoms with Crippen LogP contribution >= 0.6 is 0 Å². The van der Waals surface area contributed by atoms with Gasteiger partial charge in [-0.05, 0) is 19.4 Å². The van der Waals surface area contributed by atoms with Gasteiger partial charge < -0.3 is 0 Å². The van der Waals surface area contributed by atoms with Crippen molar-refractivity contribution in [2.75, 3.05) is 11.5 Å². The van der Waals surface area contributed by atoms with Crippen LogP contribution in [0.2, 0.25) is 0 Å². The summed E-state index contributed by atoms with van der Waals surface area (Å²) in [6, 6.07) is 1.87. The fourth-order valence-corrected chi connectivity index (χ4v) is 2.52. The molecule has 5 heteroatoms. The first-order valence-corrected chi connectivity index (χ1v) is 6.56. The monoisotopic (exact) mass is 216 g/mol. The molecule has 1 aromatic heterocycles. The molecule has 0 unspecified atom stereocenters. The second-order valence-electron chi connectivity index (χ2n) is 3.37. The molecule has 0 aliphatic rings. The van der Waals surface area contributed by atoms with Crippen LogP contribution in [0.4, 0.5) is 0 Å². The Morgan fingerprint density at radius 2 is 2.14 bits per heavy atom. The molecule has 0 N–H and O–H groups in total. The summed E-state index contributed by atoms with van der Waals surface area (Å²) in [5, 5.41) is 4.13. The third kappa shape index (κ3) is 3.49. The Balaban J connectivity index is 2.48. The summed E-state index contributed by atoms with van der Waals surface area (Å²) in [6.45, 7) is 4.21. The van der Waals surface area contributed by atoms with Crippen LogP contribution in [-0.4, -0.2) is 29.7 Å². The quantitative estimate of drug-likeness (QED) is 0.738. The van der Waals surface area contributed by atoms with Crippen molar-refractivity contribution < 1.29 is 8.42 Å². The summed E-state index contributed by atoms with van der Waals surface area (Å²) >= 11 is 0. The average molecular weight is 216 g/mol. The maximum Gasteiger partial charge on any atom is 0.152 e. The molecule has 1 aromatic rings. The number of nitrogens with zero attached hydrogens (tertiary/aromatic N) is 2. The molecule has 0 aromatic carbocycles. The molecule has 0 bridgehead atoms. The Hall–Kier alpha value is -0.840. The van der Waals surface area contributed by atoms with E-state index >= 15 is 0 Å². The molecule has 80 valence electrons. The molecular formula is C9H16N2O2S. The van der Waals surface area contributed by atoms with Gasteiger partial charge in [0.2, 0.25) is 0 Å². The van der Waals surface area contributed by atoms with E-state index in [9.17, 15) is 8.42 Å². The predicted octanol–water partition coefficient (Wildman–Crippen LogP) is 1.02. The van der Waals surface area contributed by atoms with E-state index in [0.717, 1.165) is 5.69 Å². The van der Waals surface area contributed by atoms with E-state index in [-0.39, 0.29) is 11.5 Å². The van der Waals surface area contributed by atoms with Crippen LogP contribution in [0.3, 0.4) is 0 Å². The molecule has 4 nitrogen and oxygen atoms in total. The fourth-order valence-electron chi connectivity index (χ4n) is 1.23. The van der Waals surface area contributed by atoms with Crippen molar-refractivity contribution in [1.29, 1.82) is 0 Å². The van der Waals surface area contributed by atoms with Gasteiger partial charge in [0.1, 0.15) is 0 Å². The van der Waals surface area contributed by atoms with E-state index in [1.807, 2.05) is 19.9 Å². The molecule has 0 fully saturated rings. The van der Waals surface area contributed by atoms with Crippen molar-refractivity contribution in [2.45, 2.75) is 26.8 Å². The standard InChI is InChI=1S/C9H16N2O2S/c1-3-7-14(12,13)8-6-11-5-4-9(2)10-11/h4-5H,3,6-8H2,1-2H3. The maximum atomic E-state index is 11.4. The van der Waals surface area contributed by atoms with Crippen molar-refractivity contribution in [3.63, 3.8) is 0 Å². The third-order valence-corrected chi connectivity index (χ3v) is 3.76. The van der Waals surface area contributed by atoms with Gasteiger partial charge in [0, 0.05) is 11.9 Å². The van der Waals surface area contributed by atoms with Gasteiger partial charge in [-0.15, -0.1) is 0 Å². The topological polar surface area (TPSA) is 52.0 Å². The molecule has 0 aliphatic carbocycles. The van der Waals surface area contributed by atoms with Crippen LogP contribution in [0.15, 0.2) is 12.3 Å². The highest BCUT2D eigenvalue weighted by Crippen LogP contribution is 1.97. The first kappa shape index (κ1) is 11.2. The average Bonchev–Trinajstić information content (AvgIpc) is 2.48. The number of hydrogen-bond acceptors (Lipinski definition) is 3. The molecular weight excluding hydrogens is 200 g/mol. The summed E-state index contributed by atoms with van der Waals surface area (Å²) in [7, 11) is -2.88. The van der Waals surface area contributed by atoms with Gasteiger partial charge in [-0.1, -0.05) is 6.92 Å². The highest BCUT2D eigenvalue weighted by Gasteiger charge is 2.09. The lowest BCUT2D eigenvalue weighted by Crippen LogP contribution is -2.16. The van der Waals surface area contributed by atoms with Gasteiger partial charge in [-0.3, -0.25) is 4.68 Å². The second-order valence-corrected chi connectivity index (χ2v) is 5.68. The van der Waals surface area contributed by atoms with E-state index in [4.69, 9.17) is 0 Å². The van der Waals surface area contributed by atoms with Crippen LogP contribution in [-0.2, 0) is 16.4 Å². The van der Waals surface area contributed by atoms with E-state index < -0.39 is 9.84 Å². The molecule has 1 heterocycles. The second kappa shape index (κ2) is 4.59. The highest BCUT2D eigenvalue weighted by molar-refractivity contribution is 7.91. The van der Waals surface area contributed by atoms with Gasteiger partial charge in [-0.25, -0.2) is 8.42 Å². The zero-order valence-corrected chi connectivity index (χ0v) is 9.42. The number of sulfone groups is 1. The molecule has 0 atom stereocenters. The van der Waals surface area contributed by atoms with E-state index in [0.29, 0.717) is 13.0 Å². The minimum Gasteiger partial charge on any atom is -0.271 e. The van der Waals surface area contributed by atoms with Crippen LogP contribution in [0.25, 0.3) is 0 Å². The maximum absolute atomic E-state index is 11.4. The van der Waals surface area contributed by atoms with Gasteiger partial charge in [0.25, 0.3) is 0 Å². The lowest BCUT2D eigenvalue weighted by Gasteiger charge is -2.02. The molecule has 0 aliphatic heterocycles. The summed E-state index contributed by atoms with van der Waals surface area (Å²) in [4.78, 5) is 0. The van der Waals surface area contributed by atoms with Gasteiger partial charge in [0.05, 0.1) is 18.0 Å². The first-order valence-electron chi connectivity index (χ1n) is 4.74. The van der Waals surface area contributed by atoms with E-state index in [2.05, 4.69) is 5.10 Å². The van der Waals surface area contributed by atoms with E-state index in [1.54, 1.807) is 10.9 Å². The summed E-state index contributed by atoms with van der Waals surface area (Å²) in [5.41, 5.74) is 0.915. The molecule has 0 amide bonds. The van der Waals surface area contributed by atoms with Crippen molar-refractivity contribution >= 4 is 9.84 Å². The van der Waals surface area contributed by atoms with Crippen molar-refractivity contribution in [3.8, 4) is 0 Å². The third-order valence-electron chi connectivity index (χ3n) is 1.92. The van der Waals surface area contributed by atoms with Crippen molar-refractivity contribution in [3.05, 3.63) is 18.0 Å². The molecule has 0 spiro atoms. The lowest BCUT2D eigenvalue weighted by atomic mass is 10.5. The van der Waals surface area contributed by atoms with Crippen LogP contribution < -0.4 is 0 Å². The van der Waals surface area contributed by atoms with Crippen LogP contribution in [0.5, 0.6) is 0 Å². The Labute approximate surface area is 84.9 Å². The zero-order chi connectivity index (χ0) is 10.6. The van der Waals surface area contributed by atoms with Gasteiger partial charge in [0.15, 0.2) is 9.84 Å². The molecule has 14 heavy (non-hydrogen) atoms. The Bertz CT molecular complexity index is 381. The minimum absolute atomic E-state index is 0.183. The summed E-state index contributed by atoms with van der Waals surface area (Å²) in [5.74, 6) is 0.454. The van der Waals surface area contributed by atoms with Gasteiger partial charge in [-0.2, -0.15) is 5.10 Å². The Morgan fingerprint density at radius 1 is 1.43 bits per heavy atom. The SMILES string of the molecule is CCCS(=O)(=O)CCn1ccc(C)n1. The van der Waals surface area contributed by atoms with Crippen molar-refractivity contribution in [2.24, 2.45) is 0 Å². The normalized spacial score (nSPS) is 11.9. The van der Waals surface area contributed by atoms with E-state index in [1.165, 1.54) is 0 Å². The fraction of sp³-hybridized carbons (Fsp3) is 0.667. The molecule has 1 rings (SSSR count). The summed E-state index contributed by atoms with van der Waals surface area (Å²) in [6.07, 6.45) is 2.48. The molecule has 0 radical (unpaired) electrons. The van der Waals surface area contributed by atoms with Crippen LogP contribution in [0, 0.1) is 6.92 Å². The Kier molecular flexibility index (Phi) is 3.69. The number of rotatable bonds is 5. The van der Waals surface area contributed by atoms with Crippen LogP contribution in [0.1, 0.15) is 19.0 Å². The minimum atomic E-state index is -2.88. The highest BCUT2D eigenvalue weighted by atomic mass is 32.2. The van der Waals surface area contributed by atoms with Crippen molar-refractivity contribution in [1.82, 2.24) is 9.78 Å². The smallest absolute Gasteiger partial charge is 0.152 e.